The van der Waals surface area contributed by atoms with Gasteiger partial charge >= 0.3 is 6.61 Å². The first-order valence-electron chi connectivity index (χ1n) is 6.90. The molecule has 1 aromatic rings. The summed E-state index contributed by atoms with van der Waals surface area (Å²) in [7, 11) is 0. The van der Waals surface area contributed by atoms with Crippen molar-refractivity contribution in [3.8, 4) is 5.75 Å². The first kappa shape index (κ1) is 17.4. The highest BCUT2D eigenvalue weighted by atomic mass is 19.3. The normalized spacial score (nSPS) is 14.1. The van der Waals surface area contributed by atoms with Gasteiger partial charge in [-0.1, -0.05) is 26.0 Å². The van der Waals surface area contributed by atoms with Crippen LogP contribution in [0.1, 0.15) is 32.4 Å². The van der Waals surface area contributed by atoms with Crippen molar-refractivity contribution in [2.24, 2.45) is 17.6 Å². The van der Waals surface area contributed by atoms with Gasteiger partial charge in [0.1, 0.15) is 5.75 Å². The molecule has 0 aliphatic carbocycles. The zero-order valence-corrected chi connectivity index (χ0v) is 12.5. The third kappa shape index (κ3) is 5.30. The summed E-state index contributed by atoms with van der Waals surface area (Å²) in [5, 5.41) is 2.85. The van der Waals surface area contributed by atoms with Gasteiger partial charge in [0.15, 0.2) is 0 Å². The molecule has 118 valence electrons. The lowest BCUT2D eigenvalue weighted by atomic mass is 9.94. The van der Waals surface area contributed by atoms with E-state index >= 15 is 0 Å². The van der Waals surface area contributed by atoms with Crippen molar-refractivity contribution in [2.45, 2.75) is 33.4 Å². The molecule has 1 rings (SSSR count). The largest absolute Gasteiger partial charge is 0.435 e. The van der Waals surface area contributed by atoms with Gasteiger partial charge < -0.3 is 15.8 Å². The second-order valence-electron chi connectivity index (χ2n) is 5.27. The Hall–Kier alpha value is -1.69. The van der Waals surface area contributed by atoms with Gasteiger partial charge in [-0.15, -0.1) is 0 Å². The number of hydrogen-bond acceptors (Lipinski definition) is 3. The van der Waals surface area contributed by atoms with Crippen LogP contribution in [0.5, 0.6) is 5.75 Å². The minimum Gasteiger partial charge on any atom is -0.435 e. The van der Waals surface area contributed by atoms with Crippen LogP contribution in [0, 0.1) is 11.8 Å². The molecule has 0 fully saturated rings. The molecule has 4 nitrogen and oxygen atoms in total. The van der Waals surface area contributed by atoms with E-state index in [0.29, 0.717) is 5.56 Å². The number of rotatable bonds is 7. The summed E-state index contributed by atoms with van der Waals surface area (Å²) in [5.41, 5.74) is 6.30. The topological polar surface area (TPSA) is 64.4 Å². The van der Waals surface area contributed by atoms with Gasteiger partial charge in [-0.2, -0.15) is 8.78 Å². The molecule has 2 unspecified atom stereocenters. The standard InChI is InChI=1S/C15H22F2N2O2/c1-9(2)13(8-18)14(20)19-10(3)11-5-4-6-12(7-11)21-15(16)17/h4-7,9-10,13,15H,8,18H2,1-3H3,(H,19,20). The lowest BCUT2D eigenvalue weighted by Crippen LogP contribution is -2.39. The summed E-state index contributed by atoms with van der Waals surface area (Å²) in [5.74, 6) is -0.202. The molecule has 0 saturated heterocycles. The van der Waals surface area contributed by atoms with Gasteiger partial charge in [0, 0.05) is 6.54 Å². The van der Waals surface area contributed by atoms with Crippen molar-refractivity contribution in [1.82, 2.24) is 5.32 Å². The van der Waals surface area contributed by atoms with Gasteiger partial charge in [-0.3, -0.25) is 4.79 Å². The molecule has 3 N–H and O–H groups in total. The Morgan fingerprint density at radius 3 is 2.52 bits per heavy atom. The van der Waals surface area contributed by atoms with Gasteiger partial charge in [0.25, 0.3) is 0 Å². The Bertz CT molecular complexity index is 467. The molecule has 0 heterocycles. The smallest absolute Gasteiger partial charge is 0.387 e. The van der Waals surface area contributed by atoms with Crippen LogP contribution < -0.4 is 15.8 Å². The minimum absolute atomic E-state index is 0.0721. The molecule has 2 atom stereocenters. The Balaban J connectivity index is 2.75. The van der Waals surface area contributed by atoms with Crippen molar-refractivity contribution >= 4 is 5.91 Å². The summed E-state index contributed by atoms with van der Waals surface area (Å²) in [6, 6.07) is 5.98. The van der Waals surface area contributed by atoms with Crippen LogP contribution >= 0.6 is 0 Å². The number of carbonyl (C=O) groups excluding carboxylic acids is 1. The van der Waals surface area contributed by atoms with Crippen LogP contribution in [0.15, 0.2) is 24.3 Å². The summed E-state index contributed by atoms with van der Waals surface area (Å²) in [6.45, 7) is 3.04. The number of nitrogens with one attached hydrogen (secondary N) is 1. The molecular formula is C15H22F2N2O2. The average molecular weight is 300 g/mol. The monoisotopic (exact) mass is 300 g/mol. The van der Waals surface area contributed by atoms with Crippen molar-refractivity contribution in [3.63, 3.8) is 0 Å². The first-order valence-corrected chi connectivity index (χ1v) is 6.90. The third-order valence-electron chi connectivity index (χ3n) is 3.34. The van der Waals surface area contributed by atoms with Crippen LogP contribution in [0.3, 0.4) is 0 Å². The zero-order valence-electron chi connectivity index (χ0n) is 12.5. The second-order valence-corrected chi connectivity index (χ2v) is 5.27. The van der Waals surface area contributed by atoms with Gasteiger partial charge in [0.2, 0.25) is 5.91 Å². The van der Waals surface area contributed by atoms with Gasteiger partial charge in [0.05, 0.1) is 12.0 Å². The van der Waals surface area contributed by atoms with Gasteiger partial charge in [-0.25, -0.2) is 0 Å². The number of nitrogens with two attached hydrogens (primary N) is 1. The maximum atomic E-state index is 12.2. The van der Waals surface area contributed by atoms with Crippen LogP contribution in [0.4, 0.5) is 8.78 Å². The molecule has 0 aliphatic heterocycles. The van der Waals surface area contributed by atoms with Crippen LogP contribution in [-0.4, -0.2) is 19.1 Å². The van der Waals surface area contributed by atoms with E-state index in [-0.39, 0.29) is 36.1 Å². The fraction of sp³-hybridized carbons (Fsp3) is 0.533. The van der Waals surface area contributed by atoms with E-state index in [1.54, 1.807) is 19.1 Å². The SMILES string of the molecule is CC(NC(=O)C(CN)C(C)C)c1cccc(OC(F)F)c1. The van der Waals surface area contributed by atoms with Crippen LogP contribution in [-0.2, 0) is 4.79 Å². The maximum Gasteiger partial charge on any atom is 0.387 e. The molecule has 1 aromatic carbocycles. The van der Waals surface area contributed by atoms with Crippen LogP contribution in [0.2, 0.25) is 0 Å². The Kier molecular flexibility index (Phi) is 6.55. The highest BCUT2D eigenvalue weighted by Crippen LogP contribution is 2.21. The molecule has 0 bridgehead atoms. The quantitative estimate of drug-likeness (QED) is 0.813. The van der Waals surface area contributed by atoms with E-state index < -0.39 is 6.61 Å². The van der Waals surface area contributed by atoms with E-state index in [2.05, 4.69) is 10.1 Å². The predicted molar refractivity (Wildman–Crippen MR) is 77.0 cm³/mol. The summed E-state index contributed by atoms with van der Waals surface area (Å²) in [6.07, 6.45) is 0. The van der Waals surface area contributed by atoms with Crippen molar-refractivity contribution in [3.05, 3.63) is 29.8 Å². The highest BCUT2D eigenvalue weighted by Gasteiger charge is 2.22. The van der Waals surface area contributed by atoms with Crippen molar-refractivity contribution in [2.75, 3.05) is 6.54 Å². The molecule has 21 heavy (non-hydrogen) atoms. The van der Waals surface area contributed by atoms with E-state index in [1.807, 2.05) is 13.8 Å². The summed E-state index contributed by atoms with van der Waals surface area (Å²) >= 11 is 0. The summed E-state index contributed by atoms with van der Waals surface area (Å²) < 4.78 is 28.7. The highest BCUT2D eigenvalue weighted by molar-refractivity contribution is 5.79. The number of ether oxygens (including phenoxy) is 1. The molecule has 0 spiro atoms. The number of alkyl halides is 2. The van der Waals surface area contributed by atoms with Crippen molar-refractivity contribution < 1.29 is 18.3 Å². The molecule has 0 saturated carbocycles. The molecule has 0 radical (unpaired) electrons. The fourth-order valence-corrected chi connectivity index (χ4v) is 2.05. The number of benzene rings is 1. The molecular weight excluding hydrogens is 278 g/mol. The Labute approximate surface area is 123 Å². The molecule has 6 heteroatoms. The van der Waals surface area contributed by atoms with E-state index in [1.165, 1.54) is 12.1 Å². The fourth-order valence-electron chi connectivity index (χ4n) is 2.05. The van der Waals surface area contributed by atoms with E-state index in [4.69, 9.17) is 5.73 Å². The lowest BCUT2D eigenvalue weighted by molar-refractivity contribution is -0.126. The van der Waals surface area contributed by atoms with Gasteiger partial charge in [-0.05, 0) is 30.5 Å². The van der Waals surface area contributed by atoms with Crippen LogP contribution in [0.25, 0.3) is 0 Å². The average Bonchev–Trinajstić information content (AvgIpc) is 2.38. The number of amides is 1. The third-order valence-corrected chi connectivity index (χ3v) is 3.34. The lowest BCUT2D eigenvalue weighted by Gasteiger charge is -2.22. The van der Waals surface area contributed by atoms with E-state index in [9.17, 15) is 13.6 Å². The molecule has 0 aromatic heterocycles. The number of hydrogen-bond donors (Lipinski definition) is 2. The summed E-state index contributed by atoms with van der Waals surface area (Å²) in [4.78, 5) is 12.1. The minimum atomic E-state index is -2.87. The zero-order chi connectivity index (χ0) is 16.0. The Morgan fingerprint density at radius 1 is 1.33 bits per heavy atom. The molecule has 1 amide bonds. The first-order chi connectivity index (χ1) is 9.85. The Morgan fingerprint density at radius 2 is 2.00 bits per heavy atom. The second kappa shape index (κ2) is 7.93. The van der Waals surface area contributed by atoms with Crippen molar-refractivity contribution in [1.29, 1.82) is 0 Å². The maximum absolute atomic E-state index is 12.2. The number of halogens is 2. The van der Waals surface area contributed by atoms with E-state index in [0.717, 1.165) is 0 Å². The molecule has 0 aliphatic rings. The number of carbonyl (C=O) groups is 1. The predicted octanol–water partition coefficient (Wildman–Crippen LogP) is 2.70.